The van der Waals surface area contributed by atoms with Crippen molar-refractivity contribution in [3.05, 3.63) is 24.5 Å². The summed E-state index contributed by atoms with van der Waals surface area (Å²) in [4.78, 5) is 8.54. The second kappa shape index (κ2) is 4.17. The molecule has 1 aromatic carbocycles. The largest absolute Gasteiger partial charge is 0.497 e. The number of hydrogen-bond donors (Lipinski definition) is 1. The first-order valence-corrected chi connectivity index (χ1v) is 6.66. The highest BCUT2D eigenvalue weighted by molar-refractivity contribution is 6.64. The molecule has 0 unspecified atom stereocenters. The van der Waals surface area contributed by atoms with E-state index in [9.17, 15) is 0 Å². The standard InChI is InChI=1S/C14H18BN3O2/c1-13(2)14(3,4)20-15(19-13)9-7-11-12(8-10(9)16)18-6-5-17-11/h5-8H,16H2,1-4H3. The maximum Gasteiger partial charge on any atom is 0.497 e. The van der Waals surface area contributed by atoms with Gasteiger partial charge in [-0.1, -0.05) is 0 Å². The van der Waals surface area contributed by atoms with E-state index in [0.29, 0.717) is 5.69 Å². The van der Waals surface area contributed by atoms with Gasteiger partial charge < -0.3 is 15.0 Å². The van der Waals surface area contributed by atoms with Gasteiger partial charge in [-0.15, -0.1) is 0 Å². The third-order valence-corrected chi connectivity index (χ3v) is 4.18. The minimum Gasteiger partial charge on any atom is -0.399 e. The molecule has 2 heterocycles. The Morgan fingerprint density at radius 1 is 0.950 bits per heavy atom. The van der Waals surface area contributed by atoms with E-state index in [0.717, 1.165) is 16.5 Å². The lowest BCUT2D eigenvalue weighted by atomic mass is 9.77. The van der Waals surface area contributed by atoms with Crippen LogP contribution in [0.15, 0.2) is 24.5 Å². The zero-order valence-corrected chi connectivity index (χ0v) is 12.2. The Labute approximate surface area is 118 Å². The van der Waals surface area contributed by atoms with Gasteiger partial charge in [0.25, 0.3) is 0 Å². The van der Waals surface area contributed by atoms with Gasteiger partial charge in [-0.2, -0.15) is 0 Å². The average Bonchev–Trinajstić information content (AvgIpc) is 2.57. The summed E-state index contributed by atoms with van der Waals surface area (Å²) < 4.78 is 12.1. The molecule has 1 fully saturated rings. The van der Waals surface area contributed by atoms with Crippen molar-refractivity contribution in [1.29, 1.82) is 0 Å². The second-order valence-corrected chi connectivity index (χ2v) is 6.11. The molecule has 1 aliphatic rings. The van der Waals surface area contributed by atoms with Crippen molar-refractivity contribution in [1.82, 2.24) is 9.97 Å². The van der Waals surface area contributed by atoms with Crippen molar-refractivity contribution in [2.45, 2.75) is 38.9 Å². The normalized spacial score (nSPS) is 20.5. The van der Waals surface area contributed by atoms with E-state index in [4.69, 9.17) is 15.0 Å². The smallest absolute Gasteiger partial charge is 0.399 e. The van der Waals surface area contributed by atoms with E-state index in [1.807, 2.05) is 39.8 Å². The van der Waals surface area contributed by atoms with Crippen LogP contribution in [0.2, 0.25) is 0 Å². The molecule has 0 atom stereocenters. The molecule has 1 aromatic heterocycles. The van der Waals surface area contributed by atoms with E-state index < -0.39 is 7.12 Å². The molecule has 6 heteroatoms. The summed E-state index contributed by atoms with van der Waals surface area (Å²) in [6, 6.07) is 3.70. The van der Waals surface area contributed by atoms with Crippen LogP contribution < -0.4 is 11.2 Å². The summed E-state index contributed by atoms with van der Waals surface area (Å²) in [5.41, 5.74) is 8.30. The molecule has 104 valence electrons. The maximum atomic E-state index is 6.12. The number of benzene rings is 1. The molecule has 0 bridgehead atoms. The van der Waals surface area contributed by atoms with Crippen molar-refractivity contribution in [2.24, 2.45) is 0 Å². The topological polar surface area (TPSA) is 70.3 Å². The molecule has 0 aliphatic carbocycles. The first-order valence-electron chi connectivity index (χ1n) is 6.66. The molecule has 2 N–H and O–H groups in total. The summed E-state index contributed by atoms with van der Waals surface area (Å²) in [5, 5.41) is 0. The highest BCUT2D eigenvalue weighted by atomic mass is 16.7. The van der Waals surface area contributed by atoms with Crippen LogP contribution in [0.3, 0.4) is 0 Å². The van der Waals surface area contributed by atoms with Crippen molar-refractivity contribution >= 4 is 29.3 Å². The number of hydrogen-bond acceptors (Lipinski definition) is 5. The number of aromatic nitrogens is 2. The molecule has 3 rings (SSSR count). The first kappa shape index (κ1) is 13.3. The van der Waals surface area contributed by atoms with Gasteiger partial charge in [-0.05, 0) is 39.8 Å². The van der Waals surface area contributed by atoms with Gasteiger partial charge in [0.2, 0.25) is 0 Å². The monoisotopic (exact) mass is 271 g/mol. The molecule has 0 spiro atoms. The predicted molar refractivity (Wildman–Crippen MR) is 79.7 cm³/mol. The Kier molecular flexibility index (Phi) is 2.78. The van der Waals surface area contributed by atoms with E-state index in [1.165, 1.54) is 0 Å². The van der Waals surface area contributed by atoms with Gasteiger partial charge in [0.1, 0.15) is 0 Å². The van der Waals surface area contributed by atoms with Crippen LogP contribution in [0.4, 0.5) is 5.69 Å². The van der Waals surface area contributed by atoms with E-state index in [1.54, 1.807) is 12.4 Å². The average molecular weight is 271 g/mol. The lowest BCUT2D eigenvalue weighted by Gasteiger charge is -2.32. The summed E-state index contributed by atoms with van der Waals surface area (Å²) in [5.74, 6) is 0. The SMILES string of the molecule is CC1(C)OB(c2cc3nccnc3cc2N)OC1(C)C. The third kappa shape index (κ3) is 1.96. The van der Waals surface area contributed by atoms with Crippen LogP contribution in [0.5, 0.6) is 0 Å². The third-order valence-electron chi connectivity index (χ3n) is 4.18. The van der Waals surface area contributed by atoms with Gasteiger partial charge in [-0.3, -0.25) is 9.97 Å². The summed E-state index contributed by atoms with van der Waals surface area (Å²) in [6.45, 7) is 8.07. The Morgan fingerprint density at radius 2 is 1.45 bits per heavy atom. The Morgan fingerprint density at radius 3 is 2.00 bits per heavy atom. The lowest BCUT2D eigenvalue weighted by molar-refractivity contribution is 0.00578. The molecular formula is C14H18BN3O2. The maximum absolute atomic E-state index is 6.12. The molecule has 0 radical (unpaired) electrons. The highest BCUT2D eigenvalue weighted by Crippen LogP contribution is 2.37. The Bertz CT molecular complexity index is 657. The lowest BCUT2D eigenvalue weighted by Crippen LogP contribution is -2.41. The first-order chi connectivity index (χ1) is 9.30. The molecule has 1 saturated heterocycles. The van der Waals surface area contributed by atoms with Crippen LogP contribution in [0.1, 0.15) is 27.7 Å². The van der Waals surface area contributed by atoms with Crippen LogP contribution in [-0.2, 0) is 9.31 Å². The van der Waals surface area contributed by atoms with Crippen molar-refractivity contribution < 1.29 is 9.31 Å². The van der Waals surface area contributed by atoms with Crippen LogP contribution >= 0.6 is 0 Å². The molecule has 1 aliphatic heterocycles. The Balaban J connectivity index is 2.05. The van der Waals surface area contributed by atoms with Crippen LogP contribution in [0.25, 0.3) is 11.0 Å². The number of fused-ring (bicyclic) bond motifs is 1. The number of anilines is 1. The van der Waals surface area contributed by atoms with Gasteiger partial charge in [0.15, 0.2) is 0 Å². The summed E-state index contributed by atoms with van der Waals surface area (Å²) in [7, 11) is -0.480. The summed E-state index contributed by atoms with van der Waals surface area (Å²) in [6.07, 6.45) is 3.31. The zero-order chi connectivity index (χ0) is 14.5. The van der Waals surface area contributed by atoms with E-state index in [2.05, 4.69) is 9.97 Å². The van der Waals surface area contributed by atoms with Crippen molar-refractivity contribution in [2.75, 3.05) is 5.73 Å². The number of nitrogens with zero attached hydrogens (tertiary/aromatic N) is 2. The molecule has 5 nitrogen and oxygen atoms in total. The number of nitrogens with two attached hydrogens (primary N) is 1. The van der Waals surface area contributed by atoms with Crippen molar-refractivity contribution in [3.63, 3.8) is 0 Å². The molecular weight excluding hydrogens is 253 g/mol. The molecule has 20 heavy (non-hydrogen) atoms. The number of rotatable bonds is 1. The predicted octanol–water partition coefficient (Wildman–Crippen LogP) is 1.51. The quantitative estimate of drug-likeness (QED) is 0.629. The van der Waals surface area contributed by atoms with Crippen LogP contribution in [0, 0.1) is 0 Å². The fraction of sp³-hybridized carbons (Fsp3) is 0.429. The zero-order valence-electron chi connectivity index (χ0n) is 12.2. The fourth-order valence-electron chi connectivity index (χ4n) is 2.22. The second-order valence-electron chi connectivity index (χ2n) is 6.11. The highest BCUT2D eigenvalue weighted by Gasteiger charge is 2.52. The van der Waals surface area contributed by atoms with E-state index in [-0.39, 0.29) is 11.2 Å². The molecule has 0 amide bonds. The van der Waals surface area contributed by atoms with Gasteiger partial charge in [0.05, 0.1) is 22.2 Å². The van der Waals surface area contributed by atoms with E-state index >= 15 is 0 Å². The minimum atomic E-state index is -0.480. The minimum absolute atomic E-state index is 0.387. The summed E-state index contributed by atoms with van der Waals surface area (Å²) >= 11 is 0. The van der Waals surface area contributed by atoms with Crippen LogP contribution in [-0.4, -0.2) is 28.3 Å². The Hall–Kier alpha value is -1.66. The number of nitrogen functional groups attached to an aromatic ring is 1. The molecule has 2 aromatic rings. The van der Waals surface area contributed by atoms with Gasteiger partial charge in [-0.25, -0.2) is 0 Å². The fourth-order valence-corrected chi connectivity index (χ4v) is 2.22. The van der Waals surface area contributed by atoms with Gasteiger partial charge in [0, 0.05) is 23.5 Å². The van der Waals surface area contributed by atoms with Crippen molar-refractivity contribution in [3.8, 4) is 0 Å². The van der Waals surface area contributed by atoms with Gasteiger partial charge >= 0.3 is 7.12 Å². The molecule has 0 saturated carbocycles.